The van der Waals surface area contributed by atoms with Gasteiger partial charge < -0.3 is 10.2 Å². The fraction of sp³-hybridized carbons (Fsp3) is 0.562. The zero-order valence-electron chi connectivity index (χ0n) is 13.4. The highest BCUT2D eigenvalue weighted by Crippen LogP contribution is 2.19. The molecule has 6 nitrogen and oxygen atoms in total. The third kappa shape index (κ3) is 4.49. The van der Waals surface area contributed by atoms with Crippen molar-refractivity contribution in [3.63, 3.8) is 0 Å². The fourth-order valence-electron chi connectivity index (χ4n) is 3.26. The summed E-state index contributed by atoms with van der Waals surface area (Å²) in [5.41, 5.74) is 0.918. The lowest BCUT2D eigenvalue weighted by Crippen LogP contribution is -2.53. The lowest BCUT2D eigenvalue weighted by atomic mass is 10.2. The molecule has 3 rings (SSSR count). The number of nitrogens with one attached hydrogen (secondary N) is 1. The molecule has 0 spiro atoms. The van der Waals surface area contributed by atoms with E-state index in [4.69, 9.17) is 0 Å². The summed E-state index contributed by atoms with van der Waals surface area (Å²) in [6.45, 7) is 3.11. The first-order valence-electron chi connectivity index (χ1n) is 8.15. The number of sulfone groups is 1. The molecular weight excluding hydrogens is 394 g/mol. The second kappa shape index (κ2) is 7.41. The van der Waals surface area contributed by atoms with Crippen LogP contribution in [0.15, 0.2) is 28.7 Å². The zero-order chi connectivity index (χ0) is 17.2. The van der Waals surface area contributed by atoms with Crippen LogP contribution >= 0.6 is 15.9 Å². The first kappa shape index (κ1) is 17.7. The molecule has 2 aliphatic heterocycles. The van der Waals surface area contributed by atoms with Gasteiger partial charge in [-0.1, -0.05) is 15.9 Å². The molecule has 2 heterocycles. The van der Waals surface area contributed by atoms with Crippen LogP contribution in [-0.2, 0) is 14.6 Å². The van der Waals surface area contributed by atoms with E-state index in [-0.39, 0.29) is 24.2 Å². The minimum absolute atomic E-state index is 0.0802. The summed E-state index contributed by atoms with van der Waals surface area (Å²) in [4.78, 5) is 16.4. The highest BCUT2D eigenvalue weighted by atomic mass is 79.9. The Balaban J connectivity index is 1.44. The van der Waals surface area contributed by atoms with Crippen molar-refractivity contribution >= 4 is 37.4 Å². The Morgan fingerprint density at radius 3 is 2.42 bits per heavy atom. The van der Waals surface area contributed by atoms with Crippen LogP contribution in [0.1, 0.15) is 6.42 Å². The zero-order valence-corrected chi connectivity index (χ0v) is 15.9. The fourth-order valence-corrected chi connectivity index (χ4v) is 5.28. The number of piperazine rings is 1. The normalized spacial score (nSPS) is 24.0. The van der Waals surface area contributed by atoms with Crippen LogP contribution in [0.5, 0.6) is 0 Å². The molecule has 0 saturated carbocycles. The van der Waals surface area contributed by atoms with Gasteiger partial charge in [-0.25, -0.2) is 8.42 Å². The van der Waals surface area contributed by atoms with Gasteiger partial charge in [0.05, 0.1) is 18.1 Å². The van der Waals surface area contributed by atoms with Gasteiger partial charge in [0, 0.05) is 42.4 Å². The van der Waals surface area contributed by atoms with Crippen molar-refractivity contribution in [1.29, 1.82) is 0 Å². The molecule has 132 valence electrons. The minimum atomic E-state index is -2.85. The van der Waals surface area contributed by atoms with Crippen LogP contribution in [0.25, 0.3) is 0 Å². The van der Waals surface area contributed by atoms with Crippen LogP contribution in [0.2, 0.25) is 0 Å². The second-order valence-corrected chi connectivity index (χ2v) is 9.48. The van der Waals surface area contributed by atoms with Gasteiger partial charge in [-0.15, -0.1) is 0 Å². The van der Waals surface area contributed by atoms with Crippen molar-refractivity contribution in [3.05, 3.63) is 28.7 Å². The predicted molar refractivity (Wildman–Crippen MR) is 97.8 cm³/mol. The van der Waals surface area contributed by atoms with Gasteiger partial charge in [-0.3, -0.25) is 9.69 Å². The third-order valence-electron chi connectivity index (χ3n) is 4.68. The maximum absolute atomic E-state index is 12.3. The molecule has 2 fully saturated rings. The summed E-state index contributed by atoms with van der Waals surface area (Å²) >= 11 is 3.38. The van der Waals surface area contributed by atoms with E-state index in [1.807, 2.05) is 29.2 Å². The molecule has 0 aliphatic carbocycles. The monoisotopic (exact) mass is 415 g/mol. The number of halogens is 1. The number of rotatable bonds is 4. The molecule has 2 saturated heterocycles. The van der Waals surface area contributed by atoms with Gasteiger partial charge in [0.25, 0.3) is 0 Å². The maximum atomic E-state index is 12.3. The van der Waals surface area contributed by atoms with Gasteiger partial charge >= 0.3 is 0 Å². The van der Waals surface area contributed by atoms with Gasteiger partial charge in [-0.05, 0) is 30.7 Å². The van der Waals surface area contributed by atoms with E-state index < -0.39 is 9.84 Å². The smallest absolute Gasteiger partial charge is 0.241 e. The average molecular weight is 416 g/mol. The molecule has 1 N–H and O–H groups in total. The second-order valence-electron chi connectivity index (χ2n) is 6.33. The number of amides is 1. The predicted octanol–water partition coefficient (Wildman–Crippen LogP) is 1.19. The highest BCUT2D eigenvalue weighted by Gasteiger charge is 2.34. The number of carbonyl (C=O) groups excluding carboxylic acids is 1. The van der Waals surface area contributed by atoms with Crippen LogP contribution in [0.4, 0.5) is 5.69 Å². The Labute approximate surface area is 151 Å². The SMILES string of the molecule is O=C(CNc1ccc(Br)cc1)N1CCN([C@@H]2CCS(=O)(=O)C2)CC1. The number of hydrogen-bond donors (Lipinski definition) is 1. The van der Waals surface area contributed by atoms with Crippen LogP contribution < -0.4 is 5.32 Å². The average Bonchev–Trinajstić information content (AvgIpc) is 2.94. The first-order chi connectivity index (χ1) is 11.4. The van der Waals surface area contributed by atoms with Crippen molar-refractivity contribution < 1.29 is 13.2 Å². The summed E-state index contributed by atoms with van der Waals surface area (Å²) in [6, 6.07) is 7.85. The summed E-state index contributed by atoms with van der Waals surface area (Å²) in [5, 5.41) is 3.14. The van der Waals surface area contributed by atoms with Crippen molar-refractivity contribution in [2.24, 2.45) is 0 Å². The van der Waals surface area contributed by atoms with E-state index in [1.165, 1.54) is 0 Å². The molecule has 0 aromatic heterocycles. The number of anilines is 1. The highest BCUT2D eigenvalue weighted by molar-refractivity contribution is 9.10. The summed E-state index contributed by atoms with van der Waals surface area (Å²) in [7, 11) is -2.85. The molecule has 0 radical (unpaired) electrons. The van der Waals surface area contributed by atoms with E-state index >= 15 is 0 Å². The standard InChI is InChI=1S/C16H22BrN3O3S/c17-13-1-3-14(4-2-13)18-11-16(21)20-8-6-19(7-9-20)15-5-10-24(22,23)12-15/h1-4,15,18H,5-12H2/t15-/m1/s1. The summed E-state index contributed by atoms with van der Waals surface area (Å²) in [6.07, 6.45) is 0.724. The largest absolute Gasteiger partial charge is 0.376 e. The summed E-state index contributed by atoms with van der Waals surface area (Å²) in [5.74, 6) is 0.650. The lowest BCUT2D eigenvalue weighted by Gasteiger charge is -2.37. The van der Waals surface area contributed by atoms with E-state index in [0.717, 1.165) is 29.7 Å². The molecule has 0 bridgehead atoms. The van der Waals surface area contributed by atoms with E-state index in [0.29, 0.717) is 18.8 Å². The number of nitrogens with zero attached hydrogens (tertiary/aromatic N) is 2. The lowest BCUT2D eigenvalue weighted by molar-refractivity contribution is -0.131. The van der Waals surface area contributed by atoms with Gasteiger partial charge in [-0.2, -0.15) is 0 Å². The number of benzene rings is 1. The molecule has 1 aromatic rings. The van der Waals surface area contributed by atoms with E-state index in [2.05, 4.69) is 26.1 Å². The van der Waals surface area contributed by atoms with Crippen molar-refractivity contribution in [3.8, 4) is 0 Å². The third-order valence-corrected chi connectivity index (χ3v) is 6.96. The van der Waals surface area contributed by atoms with Crippen LogP contribution in [0.3, 0.4) is 0 Å². The Morgan fingerprint density at radius 1 is 1.17 bits per heavy atom. The van der Waals surface area contributed by atoms with Crippen LogP contribution in [0, 0.1) is 0 Å². The number of carbonyl (C=O) groups is 1. The minimum Gasteiger partial charge on any atom is -0.376 e. The molecule has 8 heteroatoms. The molecular formula is C16H22BrN3O3S. The maximum Gasteiger partial charge on any atom is 0.241 e. The summed E-state index contributed by atoms with van der Waals surface area (Å²) < 4.78 is 24.2. The Hall–Kier alpha value is -1.12. The molecule has 1 aromatic carbocycles. The van der Waals surface area contributed by atoms with Crippen LogP contribution in [-0.4, -0.2) is 74.4 Å². The number of hydrogen-bond acceptors (Lipinski definition) is 5. The molecule has 1 atom stereocenters. The van der Waals surface area contributed by atoms with Gasteiger partial charge in [0.2, 0.25) is 5.91 Å². The topological polar surface area (TPSA) is 69.7 Å². The van der Waals surface area contributed by atoms with Crippen molar-refractivity contribution in [2.45, 2.75) is 12.5 Å². The van der Waals surface area contributed by atoms with E-state index in [9.17, 15) is 13.2 Å². The Kier molecular flexibility index (Phi) is 5.46. The Bertz CT molecular complexity index is 685. The first-order valence-corrected chi connectivity index (χ1v) is 10.8. The van der Waals surface area contributed by atoms with E-state index in [1.54, 1.807) is 0 Å². The van der Waals surface area contributed by atoms with Gasteiger partial charge in [0.1, 0.15) is 0 Å². The molecule has 24 heavy (non-hydrogen) atoms. The quantitative estimate of drug-likeness (QED) is 0.799. The molecule has 1 amide bonds. The molecule has 0 unspecified atom stereocenters. The molecule has 2 aliphatic rings. The van der Waals surface area contributed by atoms with Crippen molar-refractivity contribution in [2.75, 3.05) is 49.5 Å². The Morgan fingerprint density at radius 2 is 1.83 bits per heavy atom. The van der Waals surface area contributed by atoms with Gasteiger partial charge in [0.15, 0.2) is 9.84 Å². The van der Waals surface area contributed by atoms with Crippen molar-refractivity contribution in [1.82, 2.24) is 9.80 Å².